The van der Waals surface area contributed by atoms with Gasteiger partial charge in [0.15, 0.2) is 0 Å². The average molecular weight is 378 g/mol. The number of hydrogen-bond donors (Lipinski definition) is 3. The van der Waals surface area contributed by atoms with Crippen molar-refractivity contribution in [1.29, 1.82) is 5.41 Å². The van der Waals surface area contributed by atoms with E-state index in [-0.39, 0.29) is 26.4 Å². The van der Waals surface area contributed by atoms with E-state index in [2.05, 4.69) is 0 Å². The Morgan fingerprint density at radius 2 is 1.65 bits per heavy atom. The molecule has 1 aliphatic carbocycles. The summed E-state index contributed by atoms with van der Waals surface area (Å²) in [5.41, 5.74) is -1.70. The fourth-order valence-electron chi connectivity index (χ4n) is 2.48. The van der Waals surface area contributed by atoms with Crippen molar-refractivity contribution in [3.05, 3.63) is 44.1 Å². The van der Waals surface area contributed by atoms with Gasteiger partial charge < -0.3 is 10.2 Å². The Hall–Kier alpha value is -1.27. The van der Waals surface area contributed by atoms with Crippen LogP contribution in [0.3, 0.4) is 0 Å². The topological polar surface area (TPSA) is 84.6 Å². The maximum atomic E-state index is 11.7. The predicted molar refractivity (Wildman–Crippen MR) is 91.2 cm³/mol. The minimum absolute atomic E-state index is 0.0243. The number of nitrogens with zero attached hydrogens (tertiary/aromatic N) is 1. The van der Waals surface area contributed by atoms with E-state index in [1.807, 2.05) is 0 Å². The second-order valence-corrected chi connectivity index (χ2v) is 6.83. The molecule has 124 valence electrons. The van der Waals surface area contributed by atoms with Gasteiger partial charge in [-0.2, -0.15) is 0 Å². The van der Waals surface area contributed by atoms with Crippen LogP contribution in [0.2, 0.25) is 15.1 Å². The highest BCUT2D eigenvalue weighted by molar-refractivity contribution is 6.44. The molecule has 0 aliphatic heterocycles. The summed E-state index contributed by atoms with van der Waals surface area (Å²) in [6.45, 7) is 0. The van der Waals surface area contributed by atoms with Crippen molar-refractivity contribution < 1.29 is 15.0 Å². The summed E-state index contributed by atoms with van der Waals surface area (Å²) in [7, 11) is 3.49. The first-order valence-corrected chi connectivity index (χ1v) is 7.83. The molecule has 0 heterocycles. The van der Waals surface area contributed by atoms with Crippen LogP contribution in [-0.2, 0) is 4.79 Å². The Kier molecular flexibility index (Phi) is 4.97. The quantitative estimate of drug-likeness (QED) is 0.411. The first-order chi connectivity index (χ1) is 10.6. The number of likely N-dealkylation sites (N-methyl/N-ethyl adjacent to an activating group) is 1. The number of benzene rings is 1. The number of carboxylic acids is 1. The maximum Gasteiger partial charge on any atom is 0.341 e. The number of carboxylic acid groups (broad SMARTS) is 1. The van der Waals surface area contributed by atoms with Crippen LogP contribution in [0.15, 0.2) is 23.5 Å². The van der Waals surface area contributed by atoms with Crippen LogP contribution in [-0.4, -0.2) is 46.4 Å². The molecule has 0 amide bonds. The lowest BCUT2D eigenvalue weighted by Crippen LogP contribution is -2.35. The van der Waals surface area contributed by atoms with Gasteiger partial charge in [0.1, 0.15) is 11.3 Å². The van der Waals surface area contributed by atoms with Crippen molar-refractivity contribution >= 4 is 46.5 Å². The van der Waals surface area contributed by atoms with Gasteiger partial charge in [-0.1, -0.05) is 34.8 Å². The van der Waals surface area contributed by atoms with Crippen LogP contribution in [0.1, 0.15) is 18.4 Å². The van der Waals surface area contributed by atoms with Crippen LogP contribution in [0.25, 0.3) is 0 Å². The number of hydrogen-bond acceptors (Lipinski definition) is 4. The van der Waals surface area contributed by atoms with E-state index in [1.54, 1.807) is 19.0 Å². The number of aliphatic carboxylic acids is 1. The highest BCUT2D eigenvalue weighted by Gasteiger charge is 2.51. The van der Waals surface area contributed by atoms with Crippen LogP contribution in [0, 0.1) is 5.41 Å². The van der Waals surface area contributed by atoms with Crippen molar-refractivity contribution in [1.82, 2.24) is 4.90 Å². The van der Waals surface area contributed by atoms with Crippen LogP contribution in [0.5, 0.6) is 0 Å². The van der Waals surface area contributed by atoms with Crippen LogP contribution < -0.4 is 0 Å². The molecule has 0 radical (unpaired) electrons. The van der Waals surface area contributed by atoms with Gasteiger partial charge in [0.2, 0.25) is 0 Å². The third-order valence-electron chi connectivity index (χ3n) is 3.98. The number of aliphatic hydroxyl groups is 1. The zero-order valence-electron chi connectivity index (χ0n) is 12.5. The monoisotopic (exact) mass is 376 g/mol. The Balaban J connectivity index is 2.61. The molecule has 5 nitrogen and oxygen atoms in total. The Bertz CT molecular complexity index is 702. The largest absolute Gasteiger partial charge is 0.509 e. The van der Waals surface area contributed by atoms with E-state index >= 15 is 0 Å². The molecule has 8 heteroatoms. The zero-order chi connectivity index (χ0) is 17.5. The summed E-state index contributed by atoms with van der Waals surface area (Å²) in [6.07, 6.45) is 1.22. The fourth-order valence-corrected chi connectivity index (χ4v) is 3.49. The van der Waals surface area contributed by atoms with Gasteiger partial charge in [-0.15, -0.1) is 0 Å². The Morgan fingerprint density at radius 1 is 1.17 bits per heavy atom. The smallest absolute Gasteiger partial charge is 0.341 e. The maximum absolute atomic E-state index is 11.7. The lowest BCUT2D eigenvalue weighted by atomic mass is 9.97. The molecule has 1 aromatic rings. The predicted octanol–water partition coefficient (Wildman–Crippen LogP) is 4.01. The summed E-state index contributed by atoms with van der Waals surface area (Å²) in [5.74, 6) is -1.77. The van der Waals surface area contributed by atoms with E-state index in [1.165, 1.54) is 12.1 Å². The number of rotatable bonds is 5. The number of halogens is 3. The summed E-state index contributed by atoms with van der Waals surface area (Å²) >= 11 is 17.9. The number of aliphatic hydroxyl groups excluding tert-OH is 1. The van der Waals surface area contributed by atoms with Crippen molar-refractivity contribution in [2.75, 3.05) is 14.1 Å². The molecule has 1 aliphatic rings. The lowest BCUT2D eigenvalue weighted by Gasteiger charge is -2.25. The molecule has 2 rings (SSSR count). The molecule has 0 bridgehead atoms. The van der Waals surface area contributed by atoms with E-state index in [0.717, 1.165) is 0 Å². The first kappa shape index (κ1) is 18.1. The van der Waals surface area contributed by atoms with Crippen LogP contribution >= 0.6 is 34.8 Å². The zero-order valence-corrected chi connectivity index (χ0v) is 14.7. The highest BCUT2D eigenvalue weighted by atomic mass is 35.5. The van der Waals surface area contributed by atoms with Gasteiger partial charge in [0.05, 0.1) is 21.3 Å². The van der Waals surface area contributed by atoms with E-state index < -0.39 is 22.8 Å². The van der Waals surface area contributed by atoms with Gasteiger partial charge in [-0.05, 0) is 39.1 Å². The number of carbonyl (C=O) groups is 1. The third kappa shape index (κ3) is 3.19. The third-order valence-corrected chi connectivity index (χ3v) is 4.79. The molecule has 0 atom stereocenters. The second kappa shape index (κ2) is 6.32. The average Bonchev–Trinajstić information content (AvgIpc) is 3.17. The molecule has 0 aromatic heterocycles. The van der Waals surface area contributed by atoms with Crippen molar-refractivity contribution in [3.8, 4) is 0 Å². The van der Waals surface area contributed by atoms with Crippen molar-refractivity contribution in [2.24, 2.45) is 0 Å². The van der Waals surface area contributed by atoms with E-state index in [4.69, 9.17) is 40.2 Å². The van der Waals surface area contributed by atoms with Gasteiger partial charge in [0, 0.05) is 10.6 Å². The molecule has 0 saturated heterocycles. The molecular formula is C15H15Cl3N2O3. The highest BCUT2D eigenvalue weighted by Crippen LogP contribution is 2.47. The fraction of sp³-hybridized carbons (Fsp3) is 0.333. The first-order valence-electron chi connectivity index (χ1n) is 6.70. The summed E-state index contributed by atoms with van der Waals surface area (Å²) in [4.78, 5) is 13.4. The van der Waals surface area contributed by atoms with Crippen LogP contribution in [0.4, 0.5) is 0 Å². The summed E-state index contributed by atoms with van der Waals surface area (Å²) in [5, 5.41) is 28.6. The minimum Gasteiger partial charge on any atom is -0.509 e. The summed E-state index contributed by atoms with van der Waals surface area (Å²) in [6, 6.07) is 2.74. The standard InChI is InChI=1S/C15H15Cl3N2O3/c1-20(2)15(3-4-15)13(21)11(14(22)23)12(19)10-8(17)5-7(16)6-9(10)18/h5-6,19,21H,3-4H2,1-2H3,(H,22,23)/b13-11+,19-12?. The minimum atomic E-state index is -1.41. The molecule has 3 N–H and O–H groups in total. The van der Waals surface area contributed by atoms with Gasteiger partial charge in [-0.3, -0.25) is 10.3 Å². The summed E-state index contributed by atoms with van der Waals surface area (Å²) < 4.78 is 0. The van der Waals surface area contributed by atoms with Gasteiger partial charge in [-0.25, -0.2) is 4.79 Å². The van der Waals surface area contributed by atoms with Gasteiger partial charge in [0.25, 0.3) is 0 Å². The second-order valence-electron chi connectivity index (χ2n) is 5.57. The molecule has 23 heavy (non-hydrogen) atoms. The molecule has 1 saturated carbocycles. The Labute approximate surface area is 148 Å². The molecule has 0 spiro atoms. The SMILES string of the molecule is CN(C)C1(/C(O)=C(/C(=N)c2c(Cl)cc(Cl)cc2Cl)C(=O)O)CC1. The van der Waals surface area contributed by atoms with Gasteiger partial charge >= 0.3 is 5.97 Å². The number of nitrogens with one attached hydrogen (secondary N) is 1. The van der Waals surface area contributed by atoms with Crippen molar-refractivity contribution in [2.45, 2.75) is 18.4 Å². The molecule has 0 unspecified atom stereocenters. The molecular weight excluding hydrogens is 363 g/mol. The Morgan fingerprint density at radius 3 is 2.00 bits per heavy atom. The lowest BCUT2D eigenvalue weighted by molar-refractivity contribution is -0.132. The van der Waals surface area contributed by atoms with E-state index in [9.17, 15) is 15.0 Å². The molecule has 1 fully saturated rings. The normalized spacial score (nSPS) is 17.0. The van der Waals surface area contributed by atoms with Crippen molar-refractivity contribution in [3.63, 3.8) is 0 Å². The molecule has 1 aromatic carbocycles. The van der Waals surface area contributed by atoms with E-state index in [0.29, 0.717) is 12.8 Å².